The smallest absolute Gasteiger partial charge is 0.408 e. The lowest BCUT2D eigenvalue weighted by Gasteiger charge is -2.31. The molecule has 0 unspecified atom stereocenters. The number of nitrogens with one attached hydrogen (secondary N) is 1. The van der Waals surface area contributed by atoms with E-state index < -0.39 is 17.6 Å². The van der Waals surface area contributed by atoms with Gasteiger partial charge in [0.15, 0.2) is 5.58 Å². The number of rotatable bonds is 5. The third kappa shape index (κ3) is 6.70. The Hall–Kier alpha value is -4.34. The molecule has 1 fully saturated rings. The number of likely N-dealkylation sites (tertiary alicyclic amines) is 1. The van der Waals surface area contributed by atoms with Crippen LogP contribution >= 0.6 is 0 Å². The largest absolute Gasteiger partial charge is 0.444 e. The first kappa shape index (κ1) is 28.2. The van der Waals surface area contributed by atoms with E-state index >= 15 is 0 Å². The Kier molecular flexibility index (Phi) is 7.50. The first-order chi connectivity index (χ1) is 19.4. The molecule has 4 aromatic rings. The van der Waals surface area contributed by atoms with Crippen LogP contribution in [0.15, 0.2) is 65.1 Å². The first-order valence-electron chi connectivity index (χ1n) is 13.3. The van der Waals surface area contributed by atoms with Crippen molar-refractivity contribution in [3.63, 3.8) is 0 Å². The minimum atomic E-state index is -2.73. The number of halogens is 3. The monoisotopic (exact) mass is 565 g/mol. The summed E-state index contributed by atoms with van der Waals surface area (Å²) < 4.78 is 52.0. The first-order valence-corrected chi connectivity index (χ1v) is 13.3. The second-order valence-corrected chi connectivity index (χ2v) is 11.1. The number of benzene rings is 3. The molecule has 1 aromatic heterocycles. The summed E-state index contributed by atoms with van der Waals surface area (Å²) in [7, 11) is 0. The molecule has 1 saturated heterocycles. The van der Waals surface area contributed by atoms with Crippen molar-refractivity contribution >= 4 is 23.1 Å². The van der Waals surface area contributed by atoms with Crippen molar-refractivity contribution in [2.24, 2.45) is 0 Å². The van der Waals surface area contributed by atoms with E-state index in [1.54, 1.807) is 57.2 Å². The van der Waals surface area contributed by atoms with Crippen molar-refractivity contribution in [2.45, 2.75) is 51.7 Å². The number of carbonyl (C=O) groups excluding carboxylic acids is 2. The fourth-order valence-electron chi connectivity index (χ4n) is 4.65. The van der Waals surface area contributed by atoms with Crippen molar-refractivity contribution in [1.82, 2.24) is 15.2 Å². The van der Waals surface area contributed by atoms with Gasteiger partial charge in [-0.25, -0.2) is 22.9 Å². The van der Waals surface area contributed by atoms with E-state index in [1.807, 2.05) is 12.1 Å². The number of oxazole rings is 1. The van der Waals surface area contributed by atoms with Crippen molar-refractivity contribution in [1.29, 1.82) is 0 Å². The van der Waals surface area contributed by atoms with Crippen LogP contribution in [0.2, 0.25) is 0 Å². The van der Waals surface area contributed by atoms with Gasteiger partial charge in [0.2, 0.25) is 5.89 Å². The highest BCUT2D eigenvalue weighted by Crippen LogP contribution is 2.35. The van der Waals surface area contributed by atoms with Crippen LogP contribution in [0.25, 0.3) is 33.4 Å². The third-order valence-corrected chi connectivity index (χ3v) is 6.72. The van der Waals surface area contributed by atoms with E-state index in [1.165, 1.54) is 17.0 Å². The van der Waals surface area contributed by atoms with Crippen molar-refractivity contribution < 1.29 is 31.9 Å². The number of carbonyl (C=O) groups is 2. The summed E-state index contributed by atoms with van der Waals surface area (Å²) in [5.41, 5.74) is 3.68. The molecule has 0 aliphatic carbocycles. The lowest BCUT2D eigenvalue weighted by Crippen LogP contribution is -2.42. The molecule has 2 heterocycles. The van der Waals surface area contributed by atoms with Gasteiger partial charge in [-0.15, -0.1) is 0 Å². The van der Waals surface area contributed by atoms with Gasteiger partial charge in [-0.3, -0.25) is 4.79 Å². The molecule has 1 N–H and O–H groups in total. The fraction of sp³-hybridized carbons (Fsp3) is 0.323. The highest BCUT2D eigenvalue weighted by Gasteiger charge is 2.35. The zero-order chi connectivity index (χ0) is 29.4. The molecule has 0 saturated carbocycles. The quantitative estimate of drug-likeness (QED) is 0.277. The molecule has 2 amide bonds. The standard InChI is InChI=1S/C31H30F3N3O4/c1-30(2,3)41-29(39)35-18-26-36-25-17-22(16-24(27(25)40-26)20-8-10-23(32)11-9-20)19-4-6-21(7-5-19)28(38)37-14-12-31(33,34)13-15-37/h4-11,16-17H,12-15,18H2,1-3H3,(H,35,39). The molecule has 1 aliphatic heterocycles. The van der Waals surface area contributed by atoms with Gasteiger partial charge in [0, 0.05) is 37.1 Å². The van der Waals surface area contributed by atoms with Crippen molar-refractivity contribution in [2.75, 3.05) is 13.1 Å². The van der Waals surface area contributed by atoms with Gasteiger partial charge in [-0.2, -0.15) is 0 Å². The zero-order valence-corrected chi connectivity index (χ0v) is 23.0. The maximum Gasteiger partial charge on any atom is 0.408 e. The Morgan fingerprint density at radius 2 is 1.61 bits per heavy atom. The van der Waals surface area contributed by atoms with E-state index in [9.17, 15) is 22.8 Å². The van der Waals surface area contributed by atoms with Crippen LogP contribution in [0.1, 0.15) is 49.9 Å². The van der Waals surface area contributed by atoms with E-state index in [0.29, 0.717) is 27.8 Å². The predicted octanol–water partition coefficient (Wildman–Crippen LogP) is 7.20. The maximum absolute atomic E-state index is 13.7. The number of amides is 2. The highest BCUT2D eigenvalue weighted by molar-refractivity contribution is 5.96. The molecule has 41 heavy (non-hydrogen) atoms. The van der Waals surface area contributed by atoms with Gasteiger partial charge in [0.25, 0.3) is 11.8 Å². The second-order valence-electron chi connectivity index (χ2n) is 11.1. The summed E-state index contributed by atoms with van der Waals surface area (Å²) >= 11 is 0. The molecule has 10 heteroatoms. The Bertz CT molecular complexity index is 1570. The Morgan fingerprint density at radius 3 is 2.24 bits per heavy atom. The normalized spacial score (nSPS) is 15.1. The van der Waals surface area contributed by atoms with Crippen LogP contribution in [0.5, 0.6) is 0 Å². The van der Waals surface area contributed by atoms with Gasteiger partial charge < -0.3 is 19.4 Å². The van der Waals surface area contributed by atoms with E-state index in [-0.39, 0.29) is 50.1 Å². The van der Waals surface area contributed by atoms with Gasteiger partial charge in [-0.1, -0.05) is 24.3 Å². The van der Waals surface area contributed by atoms with Crippen LogP contribution in [-0.4, -0.2) is 46.5 Å². The van der Waals surface area contributed by atoms with Gasteiger partial charge >= 0.3 is 6.09 Å². The molecule has 0 radical (unpaired) electrons. The summed E-state index contributed by atoms with van der Waals surface area (Å²) in [4.78, 5) is 31.0. The fourth-order valence-corrected chi connectivity index (χ4v) is 4.65. The number of hydrogen-bond acceptors (Lipinski definition) is 5. The number of ether oxygens (including phenoxy) is 1. The van der Waals surface area contributed by atoms with E-state index in [2.05, 4.69) is 10.3 Å². The van der Waals surface area contributed by atoms with E-state index in [0.717, 1.165) is 11.1 Å². The van der Waals surface area contributed by atoms with E-state index in [4.69, 9.17) is 9.15 Å². The number of aromatic nitrogens is 1. The molecule has 0 atom stereocenters. The molecule has 3 aromatic carbocycles. The average Bonchev–Trinajstić information content (AvgIpc) is 3.34. The molecule has 7 nitrogen and oxygen atoms in total. The third-order valence-electron chi connectivity index (χ3n) is 6.72. The summed E-state index contributed by atoms with van der Waals surface area (Å²) in [5.74, 6) is -3.12. The maximum atomic E-state index is 13.7. The number of fused-ring (bicyclic) bond motifs is 1. The SMILES string of the molecule is CC(C)(C)OC(=O)NCc1nc2cc(-c3ccc(C(=O)N4CCC(F)(F)CC4)cc3)cc(-c3ccc(F)cc3)c2o1. The van der Waals surface area contributed by atoms with Crippen molar-refractivity contribution in [3.05, 3.63) is 77.9 Å². The lowest BCUT2D eigenvalue weighted by molar-refractivity contribution is -0.0494. The molecule has 5 rings (SSSR count). The zero-order valence-electron chi connectivity index (χ0n) is 23.0. The molecular formula is C31H30F3N3O4. The second kappa shape index (κ2) is 10.9. The van der Waals surface area contributed by atoms with Crippen LogP contribution in [0, 0.1) is 5.82 Å². The number of alkyl halides is 2. The molecular weight excluding hydrogens is 535 g/mol. The summed E-state index contributed by atoms with van der Waals surface area (Å²) in [6.45, 7) is 5.33. The Morgan fingerprint density at radius 1 is 0.976 bits per heavy atom. The van der Waals surface area contributed by atoms with Gasteiger partial charge in [-0.05, 0) is 73.9 Å². The van der Waals surface area contributed by atoms with Gasteiger partial charge in [0.05, 0.1) is 6.54 Å². The molecule has 0 bridgehead atoms. The number of alkyl carbamates (subject to hydrolysis) is 1. The predicted molar refractivity (Wildman–Crippen MR) is 148 cm³/mol. The average molecular weight is 566 g/mol. The minimum absolute atomic E-state index is 0.00102. The number of piperidine rings is 1. The Balaban J connectivity index is 1.44. The van der Waals surface area contributed by atoms with Crippen molar-refractivity contribution in [3.8, 4) is 22.3 Å². The molecule has 214 valence electrons. The minimum Gasteiger partial charge on any atom is -0.444 e. The summed E-state index contributed by atoms with van der Waals surface area (Å²) in [6.07, 6.45) is -1.28. The van der Waals surface area contributed by atoms with Gasteiger partial charge in [0.1, 0.15) is 16.9 Å². The molecule has 1 aliphatic rings. The molecule has 0 spiro atoms. The summed E-state index contributed by atoms with van der Waals surface area (Å²) in [6, 6.07) is 16.6. The van der Waals surface area contributed by atoms with Crippen LogP contribution in [-0.2, 0) is 11.3 Å². The van der Waals surface area contributed by atoms with Crippen LogP contribution < -0.4 is 5.32 Å². The highest BCUT2D eigenvalue weighted by atomic mass is 19.3. The van der Waals surface area contributed by atoms with Crippen LogP contribution in [0.3, 0.4) is 0 Å². The topological polar surface area (TPSA) is 84.7 Å². The number of hydrogen-bond donors (Lipinski definition) is 1. The summed E-state index contributed by atoms with van der Waals surface area (Å²) in [5, 5.41) is 2.63. The Labute approximate surface area is 235 Å². The number of nitrogens with zero attached hydrogens (tertiary/aromatic N) is 2. The van der Waals surface area contributed by atoms with Crippen LogP contribution in [0.4, 0.5) is 18.0 Å². The lowest BCUT2D eigenvalue weighted by atomic mass is 9.97.